The number of carbonyl (C=O) groups is 2. The molecule has 3 aromatic rings. The van der Waals surface area contributed by atoms with Crippen molar-refractivity contribution in [1.29, 1.82) is 0 Å². The number of amides is 1. The zero-order chi connectivity index (χ0) is 22.1. The fraction of sp³-hybridized carbons (Fsp3) is 0.240. The van der Waals surface area contributed by atoms with Gasteiger partial charge in [0.25, 0.3) is 5.91 Å². The van der Waals surface area contributed by atoms with Crippen molar-refractivity contribution in [1.82, 2.24) is 15.1 Å². The Morgan fingerprint density at radius 3 is 2.55 bits per heavy atom. The van der Waals surface area contributed by atoms with Crippen LogP contribution >= 0.6 is 0 Å². The first-order chi connectivity index (χ1) is 15.0. The molecule has 0 bridgehead atoms. The van der Waals surface area contributed by atoms with Gasteiger partial charge in [-0.25, -0.2) is 4.79 Å². The number of aromatic nitrogens is 2. The first kappa shape index (κ1) is 22.0. The average Bonchev–Trinajstić information content (AvgIpc) is 3.24. The van der Waals surface area contributed by atoms with E-state index in [1.165, 1.54) is 11.6 Å². The summed E-state index contributed by atoms with van der Waals surface area (Å²) in [5.41, 5.74) is 4.17. The van der Waals surface area contributed by atoms with Crippen molar-refractivity contribution < 1.29 is 14.3 Å². The van der Waals surface area contributed by atoms with Crippen molar-refractivity contribution in [3.8, 4) is 0 Å². The summed E-state index contributed by atoms with van der Waals surface area (Å²) in [4.78, 5) is 24.0. The Hall–Kier alpha value is -3.67. The van der Waals surface area contributed by atoms with Crippen molar-refractivity contribution in [2.45, 2.75) is 32.9 Å². The van der Waals surface area contributed by atoms with Gasteiger partial charge in [-0.15, -0.1) is 0 Å². The molecule has 0 aliphatic heterocycles. The Balaban J connectivity index is 1.43. The molecule has 31 heavy (non-hydrogen) atoms. The highest BCUT2D eigenvalue weighted by molar-refractivity contribution is 5.89. The van der Waals surface area contributed by atoms with E-state index in [-0.39, 0.29) is 18.6 Å². The summed E-state index contributed by atoms with van der Waals surface area (Å²) in [5.74, 6) is -0.921. The van der Waals surface area contributed by atoms with Gasteiger partial charge in [-0.3, -0.25) is 9.48 Å². The second-order valence-electron chi connectivity index (χ2n) is 7.28. The summed E-state index contributed by atoms with van der Waals surface area (Å²) >= 11 is 0. The molecule has 1 aromatic heterocycles. The van der Waals surface area contributed by atoms with E-state index in [9.17, 15) is 9.59 Å². The van der Waals surface area contributed by atoms with Crippen LogP contribution < -0.4 is 5.32 Å². The average molecular weight is 418 g/mol. The van der Waals surface area contributed by atoms with Gasteiger partial charge in [0.1, 0.15) is 0 Å². The molecule has 0 aliphatic carbocycles. The first-order valence-corrected chi connectivity index (χ1v) is 10.3. The molecule has 3 rings (SSSR count). The van der Waals surface area contributed by atoms with E-state index in [1.54, 1.807) is 17.0 Å². The number of hydrogen-bond donors (Lipinski definition) is 1. The highest BCUT2D eigenvalue weighted by Crippen LogP contribution is 2.13. The summed E-state index contributed by atoms with van der Waals surface area (Å²) in [6.07, 6.45) is 7.40. The number of hydrogen-bond acceptors (Lipinski definition) is 4. The molecule has 0 unspecified atom stereocenters. The molecule has 1 amide bonds. The number of ether oxygens (including phenoxy) is 1. The fourth-order valence-corrected chi connectivity index (χ4v) is 3.08. The first-order valence-electron chi connectivity index (χ1n) is 10.3. The van der Waals surface area contributed by atoms with Crippen LogP contribution in [0.1, 0.15) is 42.1 Å². The zero-order valence-corrected chi connectivity index (χ0v) is 17.8. The molecule has 160 valence electrons. The summed E-state index contributed by atoms with van der Waals surface area (Å²) in [7, 11) is 0. The summed E-state index contributed by atoms with van der Waals surface area (Å²) in [6, 6.07) is 17.9. The van der Waals surface area contributed by atoms with Crippen LogP contribution in [0.4, 0.5) is 0 Å². The third-order valence-electron chi connectivity index (χ3n) is 4.86. The number of nitrogens with zero attached hydrogens (tertiary/aromatic N) is 2. The van der Waals surface area contributed by atoms with Crippen LogP contribution in [0.5, 0.6) is 0 Å². The van der Waals surface area contributed by atoms with Crippen LogP contribution in [0.15, 0.2) is 73.1 Å². The van der Waals surface area contributed by atoms with Crippen LogP contribution in [0.2, 0.25) is 0 Å². The Morgan fingerprint density at radius 2 is 1.84 bits per heavy atom. The van der Waals surface area contributed by atoms with E-state index in [1.807, 2.05) is 67.7 Å². The largest absolute Gasteiger partial charge is 0.452 e. The van der Waals surface area contributed by atoms with Crippen LogP contribution in [0.3, 0.4) is 0 Å². The van der Waals surface area contributed by atoms with Crippen molar-refractivity contribution in [3.63, 3.8) is 0 Å². The van der Waals surface area contributed by atoms with Crippen molar-refractivity contribution >= 4 is 18.0 Å². The monoisotopic (exact) mass is 417 g/mol. The number of carbonyl (C=O) groups excluding carboxylic acids is 2. The molecule has 0 aliphatic rings. The SMILES string of the molecule is CCc1ccc([C@H](C)NC(=O)COC(=O)/C=C/c2cnn(Cc3ccccc3)c2)cc1. The van der Waals surface area contributed by atoms with E-state index in [0.717, 1.165) is 23.1 Å². The van der Waals surface area contributed by atoms with Gasteiger partial charge >= 0.3 is 5.97 Å². The van der Waals surface area contributed by atoms with E-state index >= 15 is 0 Å². The molecule has 6 heteroatoms. The number of esters is 1. The van der Waals surface area contributed by atoms with Gasteiger partial charge in [0.05, 0.1) is 18.8 Å². The fourth-order valence-electron chi connectivity index (χ4n) is 3.08. The summed E-state index contributed by atoms with van der Waals surface area (Å²) in [6.45, 7) is 4.32. The maximum Gasteiger partial charge on any atom is 0.331 e. The van der Waals surface area contributed by atoms with E-state index in [0.29, 0.717) is 6.54 Å². The number of benzene rings is 2. The molecule has 0 saturated heterocycles. The molecule has 2 aromatic carbocycles. The highest BCUT2D eigenvalue weighted by Gasteiger charge is 2.11. The quantitative estimate of drug-likeness (QED) is 0.423. The van der Waals surface area contributed by atoms with Crippen molar-refractivity contribution in [3.05, 3.63) is 95.3 Å². The minimum atomic E-state index is -0.578. The third-order valence-corrected chi connectivity index (χ3v) is 4.86. The highest BCUT2D eigenvalue weighted by atomic mass is 16.5. The second-order valence-corrected chi connectivity index (χ2v) is 7.28. The van der Waals surface area contributed by atoms with Gasteiger partial charge in [-0.05, 0) is 36.1 Å². The molecule has 0 spiro atoms. The van der Waals surface area contributed by atoms with Gasteiger partial charge in [0.15, 0.2) is 6.61 Å². The number of rotatable bonds is 9. The molecule has 6 nitrogen and oxygen atoms in total. The minimum Gasteiger partial charge on any atom is -0.452 e. The van der Waals surface area contributed by atoms with Gasteiger partial charge in [0, 0.05) is 17.8 Å². The normalized spacial score (nSPS) is 11.9. The molecule has 1 atom stereocenters. The van der Waals surface area contributed by atoms with Gasteiger partial charge < -0.3 is 10.1 Å². The van der Waals surface area contributed by atoms with Gasteiger partial charge in [0.2, 0.25) is 0 Å². The topological polar surface area (TPSA) is 73.2 Å². The standard InChI is InChI=1S/C25H27N3O3/c1-3-20-9-12-23(13-10-20)19(2)27-24(29)18-31-25(30)14-11-22-15-26-28(17-22)16-21-7-5-4-6-8-21/h4-15,17,19H,3,16,18H2,1-2H3,(H,27,29)/b14-11+/t19-/m0/s1. The van der Waals surface area contributed by atoms with Gasteiger partial charge in [-0.2, -0.15) is 5.10 Å². The van der Waals surface area contributed by atoms with E-state index < -0.39 is 5.97 Å². The predicted octanol–water partition coefficient (Wildman–Crippen LogP) is 3.93. The molecule has 0 radical (unpaired) electrons. The smallest absolute Gasteiger partial charge is 0.331 e. The van der Waals surface area contributed by atoms with E-state index in [2.05, 4.69) is 17.3 Å². The van der Waals surface area contributed by atoms with Crippen LogP contribution in [-0.2, 0) is 27.3 Å². The summed E-state index contributed by atoms with van der Waals surface area (Å²) < 4.78 is 6.83. The van der Waals surface area contributed by atoms with Crippen molar-refractivity contribution in [2.24, 2.45) is 0 Å². The second kappa shape index (κ2) is 10.9. The lowest BCUT2D eigenvalue weighted by molar-refractivity contribution is -0.144. The Kier molecular flexibility index (Phi) is 7.76. The molecular weight excluding hydrogens is 390 g/mol. The Morgan fingerprint density at radius 1 is 1.10 bits per heavy atom. The molecule has 1 N–H and O–H groups in total. The molecule has 0 fully saturated rings. The van der Waals surface area contributed by atoms with Crippen LogP contribution in [0.25, 0.3) is 6.08 Å². The molecule has 0 saturated carbocycles. The molecule has 1 heterocycles. The predicted molar refractivity (Wildman–Crippen MR) is 120 cm³/mol. The Bertz CT molecular complexity index is 1020. The zero-order valence-electron chi connectivity index (χ0n) is 17.8. The van der Waals surface area contributed by atoms with Crippen LogP contribution in [-0.4, -0.2) is 28.3 Å². The Labute approximate surface area is 182 Å². The maximum absolute atomic E-state index is 12.1. The number of nitrogens with one attached hydrogen (secondary N) is 1. The van der Waals surface area contributed by atoms with E-state index in [4.69, 9.17) is 4.74 Å². The lowest BCUT2D eigenvalue weighted by Crippen LogP contribution is -2.30. The lowest BCUT2D eigenvalue weighted by Gasteiger charge is -2.14. The van der Waals surface area contributed by atoms with Crippen LogP contribution in [0, 0.1) is 0 Å². The number of aryl methyl sites for hydroxylation is 1. The molecular formula is C25H27N3O3. The summed E-state index contributed by atoms with van der Waals surface area (Å²) in [5, 5.41) is 7.12. The minimum absolute atomic E-state index is 0.164. The lowest BCUT2D eigenvalue weighted by atomic mass is 10.1. The van der Waals surface area contributed by atoms with Gasteiger partial charge in [-0.1, -0.05) is 61.5 Å². The van der Waals surface area contributed by atoms with Crippen molar-refractivity contribution in [2.75, 3.05) is 6.61 Å². The maximum atomic E-state index is 12.1. The third kappa shape index (κ3) is 6.96.